The van der Waals surface area contributed by atoms with E-state index < -0.39 is 0 Å². The van der Waals surface area contributed by atoms with Gasteiger partial charge in [0, 0.05) is 0 Å². The third kappa shape index (κ3) is 26.0. The number of nitrogens with two attached hydrogens (primary N) is 1. The van der Waals surface area contributed by atoms with Crippen molar-refractivity contribution in [3.63, 3.8) is 0 Å². The molecule has 0 bridgehead atoms. The summed E-state index contributed by atoms with van der Waals surface area (Å²) in [6, 6.07) is 0. The van der Waals surface area contributed by atoms with Crippen LogP contribution in [0.4, 0.5) is 0 Å². The van der Waals surface area contributed by atoms with Gasteiger partial charge in [-0.1, -0.05) is 161 Å². The number of unbranched alkanes of at least 4 members (excludes halogenated alkanes) is 24. The first-order valence-corrected chi connectivity index (χ1v) is 13.4. The summed E-state index contributed by atoms with van der Waals surface area (Å²) in [5.41, 5.74) is 5.52. The lowest BCUT2D eigenvalue weighted by molar-refractivity contribution is 0.517. The largest absolute Gasteiger partial charge is 0.330 e. The molecule has 0 saturated heterocycles. The maximum atomic E-state index is 5.52. The van der Waals surface area contributed by atoms with Gasteiger partial charge in [-0.3, -0.25) is 0 Å². The smallest absolute Gasteiger partial charge is 0.00773 e. The molecule has 0 aromatic carbocycles. The Labute approximate surface area is 180 Å². The molecule has 169 valence electrons. The lowest BCUT2D eigenvalue weighted by atomic mass is 10.0. The third-order valence-corrected chi connectivity index (χ3v) is 6.20. The van der Waals surface area contributed by atoms with Gasteiger partial charge in [-0.2, -0.15) is 0 Å². The Balaban J connectivity index is 2.96. The van der Waals surface area contributed by atoms with Gasteiger partial charge in [-0.15, -0.1) is 0 Å². The molecule has 0 aliphatic heterocycles. The molecule has 0 amide bonds. The standard InChI is InChI=1S/C27H56N/c1-2-3-4-5-6-7-8-9-10-11-12-13-14-15-16-17-18-19-20-21-22-23-24-25-26-27-28/h1-28H2. The molecule has 0 atom stereocenters. The van der Waals surface area contributed by atoms with Crippen LogP contribution >= 0.6 is 0 Å². The number of hydrogen-bond donors (Lipinski definition) is 1. The quantitative estimate of drug-likeness (QED) is 0.153. The van der Waals surface area contributed by atoms with Crippen LogP contribution in [0.2, 0.25) is 0 Å². The summed E-state index contributed by atoms with van der Waals surface area (Å²) in [6.45, 7) is 4.78. The van der Waals surface area contributed by atoms with Crippen LogP contribution in [0.1, 0.15) is 161 Å². The Hall–Kier alpha value is -0.0400. The third-order valence-electron chi connectivity index (χ3n) is 6.20. The van der Waals surface area contributed by atoms with Crippen molar-refractivity contribution in [1.82, 2.24) is 0 Å². The molecule has 1 heteroatoms. The van der Waals surface area contributed by atoms with E-state index in [9.17, 15) is 0 Å². The fraction of sp³-hybridized carbons (Fsp3) is 0.963. The van der Waals surface area contributed by atoms with Crippen LogP contribution in [-0.4, -0.2) is 6.54 Å². The molecule has 28 heavy (non-hydrogen) atoms. The highest BCUT2D eigenvalue weighted by Gasteiger charge is 1.96. The highest BCUT2D eigenvalue weighted by Crippen LogP contribution is 2.15. The Morgan fingerprint density at radius 2 is 0.464 bits per heavy atom. The van der Waals surface area contributed by atoms with Gasteiger partial charge in [0.15, 0.2) is 0 Å². The zero-order chi connectivity index (χ0) is 20.4. The van der Waals surface area contributed by atoms with Gasteiger partial charge in [0.25, 0.3) is 0 Å². The summed E-state index contributed by atoms with van der Waals surface area (Å²) >= 11 is 0. The lowest BCUT2D eigenvalue weighted by Gasteiger charge is -2.04. The minimum Gasteiger partial charge on any atom is -0.330 e. The Bertz CT molecular complexity index is 225. The van der Waals surface area contributed by atoms with Crippen LogP contribution in [0.15, 0.2) is 0 Å². The SMILES string of the molecule is [CH2]CCCCCCCCCCCCCCCCCCCCCCCCCCN. The Morgan fingerprint density at radius 1 is 0.286 bits per heavy atom. The maximum absolute atomic E-state index is 5.52. The molecule has 0 saturated carbocycles. The van der Waals surface area contributed by atoms with Gasteiger partial charge in [0.1, 0.15) is 0 Å². The second-order valence-corrected chi connectivity index (χ2v) is 9.13. The lowest BCUT2D eigenvalue weighted by Crippen LogP contribution is -1.97. The van der Waals surface area contributed by atoms with Crippen LogP contribution in [0.5, 0.6) is 0 Å². The van der Waals surface area contributed by atoms with Crippen LogP contribution in [0.3, 0.4) is 0 Å². The van der Waals surface area contributed by atoms with Crippen molar-refractivity contribution in [2.24, 2.45) is 5.73 Å². The first kappa shape index (κ1) is 28.0. The predicted octanol–water partition coefficient (Wildman–Crippen LogP) is 9.53. The predicted molar refractivity (Wildman–Crippen MR) is 130 cm³/mol. The molecule has 0 unspecified atom stereocenters. The molecular formula is C27H56N. The van der Waals surface area contributed by atoms with Crippen molar-refractivity contribution in [3.8, 4) is 0 Å². The van der Waals surface area contributed by atoms with Crippen molar-refractivity contribution in [2.75, 3.05) is 6.54 Å². The Morgan fingerprint density at radius 3 is 0.643 bits per heavy atom. The summed E-state index contributed by atoms with van der Waals surface area (Å²) in [5, 5.41) is 0. The summed E-state index contributed by atoms with van der Waals surface area (Å²) in [7, 11) is 0. The van der Waals surface area contributed by atoms with E-state index in [0.717, 1.165) is 13.0 Å². The molecule has 0 heterocycles. The first-order valence-electron chi connectivity index (χ1n) is 13.4. The maximum Gasteiger partial charge on any atom is -0.00773 e. The molecular weight excluding hydrogens is 338 g/mol. The highest BCUT2D eigenvalue weighted by atomic mass is 14.5. The molecule has 0 spiro atoms. The van der Waals surface area contributed by atoms with Gasteiger partial charge < -0.3 is 5.73 Å². The minimum absolute atomic E-state index is 0.873. The second kappa shape index (κ2) is 27.0. The zero-order valence-electron chi connectivity index (χ0n) is 19.7. The monoisotopic (exact) mass is 394 g/mol. The Kier molecular flexibility index (Phi) is 26.9. The summed E-state index contributed by atoms with van der Waals surface area (Å²) < 4.78 is 0. The molecule has 0 aliphatic rings. The van der Waals surface area contributed by atoms with Crippen molar-refractivity contribution < 1.29 is 0 Å². The average Bonchev–Trinajstić information content (AvgIpc) is 2.71. The molecule has 0 rings (SSSR count). The fourth-order valence-corrected chi connectivity index (χ4v) is 4.21. The van der Waals surface area contributed by atoms with E-state index in [4.69, 9.17) is 5.73 Å². The van der Waals surface area contributed by atoms with Crippen LogP contribution in [-0.2, 0) is 0 Å². The number of hydrogen-bond acceptors (Lipinski definition) is 1. The van der Waals surface area contributed by atoms with Gasteiger partial charge in [-0.05, 0) is 13.0 Å². The van der Waals surface area contributed by atoms with E-state index in [2.05, 4.69) is 6.92 Å². The van der Waals surface area contributed by atoms with E-state index >= 15 is 0 Å². The van der Waals surface area contributed by atoms with E-state index in [-0.39, 0.29) is 0 Å². The van der Waals surface area contributed by atoms with Crippen LogP contribution < -0.4 is 5.73 Å². The van der Waals surface area contributed by atoms with Gasteiger partial charge in [0.2, 0.25) is 0 Å². The van der Waals surface area contributed by atoms with E-state index in [1.807, 2.05) is 0 Å². The van der Waals surface area contributed by atoms with Crippen LogP contribution in [0.25, 0.3) is 0 Å². The van der Waals surface area contributed by atoms with Crippen molar-refractivity contribution in [2.45, 2.75) is 161 Å². The van der Waals surface area contributed by atoms with Crippen molar-refractivity contribution >= 4 is 0 Å². The van der Waals surface area contributed by atoms with Gasteiger partial charge >= 0.3 is 0 Å². The van der Waals surface area contributed by atoms with E-state index in [1.54, 1.807) is 0 Å². The number of rotatable bonds is 25. The second-order valence-electron chi connectivity index (χ2n) is 9.13. The average molecular weight is 395 g/mol. The zero-order valence-corrected chi connectivity index (χ0v) is 19.7. The normalized spacial score (nSPS) is 11.4. The highest BCUT2D eigenvalue weighted by molar-refractivity contribution is 4.52. The van der Waals surface area contributed by atoms with Gasteiger partial charge in [0.05, 0.1) is 0 Å². The van der Waals surface area contributed by atoms with Crippen molar-refractivity contribution in [1.29, 1.82) is 0 Å². The first-order chi connectivity index (χ1) is 13.9. The summed E-state index contributed by atoms with van der Waals surface area (Å²) in [5.74, 6) is 0. The molecule has 0 aromatic rings. The van der Waals surface area contributed by atoms with Crippen molar-refractivity contribution in [3.05, 3.63) is 6.92 Å². The molecule has 1 nitrogen and oxygen atoms in total. The summed E-state index contributed by atoms with van der Waals surface area (Å²) in [6.07, 6.45) is 35.7. The summed E-state index contributed by atoms with van der Waals surface area (Å²) in [4.78, 5) is 0. The molecule has 1 radical (unpaired) electrons. The topological polar surface area (TPSA) is 26.0 Å². The van der Waals surface area contributed by atoms with E-state index in [1.165, 1.54) is 154 Å². The van der Waals surface area contributed by atoms with Crippen LogP contribution in [0, 0.1) is 6.92 Å². The molecule has 0 fully saturated rings. The minimum atomic E-state index is 0.873. The van der Waals surface area contributed by atoms with E-state index in [0.29, 0.717) is 0 Å². The van der Waals surface area contributed by atoms with Gasteiger partial charge in [-0.25, -0.2) is 0 Å². The molecule has 2 N–H and O–H groups in total. The fourth-order valence-electron chi connectivity index (χ4n) is 4.21. The molecule has 0 aliphatic carbocycles. The molecule has 0 aromatic heterocycles.